The summed E-state index contributed by atoms with van der Waals surface area (Å²) in [7, 11) is 1.79. The Morgan fingerprint density at radius 1 is 1.14 bits per heavy atom. The lowest BCUT2D eigenvalue weighted by atomic mass is 9.94. The minimum Gasteiger partial charge on any atom is -0.490 e. The number of amides is 3. The molecule has 9 heteroatoms. The Hall–Kier alpha value is -2.91. The van der Waals surface area contributed by atoms with Gasteiger partial charge in [-0.3, -0.25) is 14.4 Å². The molecule has 0 unspecified atom stereocenters. The Balaban J connectivity index is 1.27. The van der Waals surface area contributed by atoms with Crippen LogP contribution in [0.3, 0.4) is 0 Å². The summed E-state index contributed by atoms with van der Waals surface area (Å²) < 4.78 is 12.4. The van der Waals surface area contributed by atoms with E-state index < -0.39 is 0 Å². The second kappa shape index (κ2) is 10.4. The van der Waals surface area contributed by atoms with Crippen molar-refractivity contribution in [3.05, 3.63) is 46.2 Å². The van der Waals surface area contributed by atoms with Crippen LogP contribution in [0.5, 0.6) is 5.75 Å². The van der Waals surface area contributed by atoms with E-state index in [2.05, 4.69) is 5.32 Å². The molecular formula is C26H31N3O5S. The number of nitrogens with zero attached hydrogens (tertiary/aromatic N) is 2. The highest BCUT2D eigenvalue weighted by Crippen LogP contribution is 2.33. The summed E-state index contributed by atoms with van der Waals surface area (Å²) in [6, 6.07) is 8.56. The number of piperidine rings is 1. The Bertz CT molecular complexity index is 1080. The number of hydrogen-bond acceptors (Lipinski definition) is 6. The van der Waals surface area contributed by atoms with Crippen LogP contribution in [-0.2, 0) is 9.53 Å². The van der Waals surface area contributed by atoms with Gasteiger partial charge in [-0.05, 0) is 61.7 Å². The second-order valence-corrected chi connectivity index (χ2v) is 10.4. The number of carbonyl (C=O) groups excluding carboxylic acids is 3. The first kappa shape index (κ1) is 23.8. The van der Waals surface area contributed by atoms with Gasteiger partial charge in [-0.1, -0.05) is 6.07 Å². The molecule has 2 aromatic rings. The van der Waals surface area contributed by atoms with Gasteiger partial charge in [0.05, 0.1) is 29.0 Å². The van der Waals surface area contributed by atoms with E-state index in [1.807, 2.05) is 16.3 Å². The number of fused-ring (bicyclic) bond motifs is 2. The monoisotopic (exact) mass is 497 g/mol. The fraction of sp³-hybridized carbons (Fsp3) is 0.500. The van der Waals surface area contributed by atoms with E-state index in [0.29, 0.717) is 34.9 Å². The molecule has 35 heavy (non-hydrogen) atoms. The van der Waals surface area contributed by atoms with Gasteiger partial charge in [-0.2, -0.15) is 0 Å². The van der Waals surface area contributed by atoms with Crippen LogP contribution in [0, 0.1) is 0 Å². The van der Waals surface area contributed by atoms with E-state index in [0.717, 1.165) is 38.8 Å². The number of rotatable bonds is 4. The van der Waals surface area contributed by atoms with Crippen molar-refractivity contribution >= 4 is 34.7 Å². The summed E-state index contributed by atoms with van der Waals surface area (Å²) in [5.74, 6) is 0.239. The number of thiophene rings is 1. The molecule has 1 aromatic heterocycles. The van der Waals surface area contributed by atoms with Gasteiger partial charge in [0.15, 0.2) is 0 Å². The lowest BCUT2D eigenvalue weighted by Crippen LogP contribution is -2.54. The van der Waals surface area contributed by atoms with Crippen LogP contribution in [0.1, 0.15) is 58.6 Å². The van der Waals surface area contributed by atoms with E-state index in [-0.39, 0.29) is 36.0 Å². The van der Waals surface area contributed by atoms with Crippen molar-refractivity contribution < 1.29 is 23.9 Å². The van der Waals surface area contributed by atoms with Crippen molar-refractivity contribution in [2.45, 2.75) is 56.8 Å². The minimum atomic E-state index is -0.303. The Morgan fingerprint density at radius 3 is 2.74 bits per heavy atom. The number of nitrogens with one attached hydrogen (secondary N) is 1. The van der Waals surface area contributed by atoms with Crippen LogP contribution in [-0.4, -0.2) is 72.5 Å². The fourth-order valence-corrected chi connectivity index (χ4v) is 5.79. The number of benzene rings is 1. The summed E-state index contributed by atoms with van der Waals surface area (Å²) in [5, 5.41) is 4.70. The standard InChI is InChI=1S/C26H31N3O5S/c1-28-20-9-8-18(15-24(30)29-11-3-2-4-12-29)34-22(20)16-33-21-10-7-17(14-19(21)26(28)32)27-25(31)23-6-5-13-35-23/h5-7,10,13-14,18,20,22H,2-4,8-9,11-12,15-16H2,1H3,(H,27,31)/t18-,20-,22-/m1/s1. The molecule has 8 nitrogen and oxygen atoms in total. The summed E-state index contributed by atoms with van der Waals surface area (Å²) in [6.07, 6.45) is 4.72. The highest BCUT2D eigenvalue weighted by Gasteiger charge is 2.39. The van der Waals surface area contributed by atoms with Crippen molar-refractivity contribution in [1.29, 1.82) is 0 Å². The van der Waals surface area contributed by atoms with Crippen molar-refractivity contribution in [3.63, 3.8) is 0 Å². The highest BCUT2D eigenvalue weighted by molar-refractivity contribution is 7.12. The summed E-state index contributed by atoms with van der Waals surface area (Å²) in [6.45, 7) is 1.97. The Kier molecular flexibility index (Phi) is 7.06. The van der Waals surface area contributed by atoms with Gasteiger partial charge in [-0.25, -0.2) is 0 Å². The average Bonchev–Trinajstić information content (AvgIpc) is 3.42. The molecule has 2 fully saturated rings. The van der Waals surface area contributed by atoms with Gasteiger partial charge in [0.1, 0.15) is 18.5 Å². The summed E-state index contributed by atoms with van der Waals surface area (Å²) in [4.78, 5) is 42.8. The molecule has 1 aromatic carbocycles. The van der Waals surface area contributed by atoms with Gasteiger partial charge >= 0.3 is 0 Å². The number of ether oxygens (including phenoxy) is 2. The molecule has 0 aliphatic carbocycles. The molecule has 0 bridgehead atoms. The largest absolute Gasteiger partial charge is 0.490 e. The first-order valence-corrected chi connectivity index (χ1v) is 13.2. The summed E-state index contributed by atoms with van der Waals surface area (Å²) in [5.41, 5.74) is 0.957. The third-order valence-corrected chi connectivity index (χ3v) is 7.99. The number of hydrogen-bond donors (Lipinski definition) is 1. The van der Waals surface area contributed by atoms with Gasteiger partial charge in [0.2, 0.25) is 5.91 Å². The van der Waals surface area contributed by atoms with Crippen LogP contribution >= 0.6 is 11.3 Å². The Labute approximate surface area is 209 Å². The number of likely N-dealkylation sites (tertiary alicyclic amines) is 1. The number of likely N-dealkylation sites (N-methyl/N-ethyl adjacent to an activating group) is 1. The van der Waals surface area contributed by atoms with Gasteiger partial charge < -0.3 is 24.6 Å². The van der Waals surface area contributed by atoms with Crippen molar-refractivity contribution in [1.82, 2.24) is 9.80 Å². The van der Waals surface area contributed by atoms with Crippen molar-refractivity contribution in [2.75, 3.05) is 32.1 Å². The Morgan fingerprint density at radius 2 is 1.97 bits per heavy atom. The number of carbonyl (C=O) groups is 3. The average molecular weight is 498 g/mol. The topological polar surface area (TPSA) is 88.2 Å². The third kappa shape index (κ3) is 5.21. The lowest BCUT2D eigenvalue weighted by Gasteiger charge is -2.42. The maximum absolute atomic E-state index is 13.4. The highest BCUT2D eigenvalue weighted by atomic mass is 32.1. The number of anilines is 1. The molecule has 5 rings (SSSR count). The first-order chi connectivity index (χ1) is 17.0. The van der Waals surface area contributed by atoms with E-state index in [4.69, 9.17) is 9.47 Å². The zero-order valence-electron chi connectivity index (χ0n) is 19.9. The fourth-order valence-electron chi connectivity index (χ4n) is 5.17. The smallest absolute Gasteiger partial charge is 0.265 e. The van der Waals surface area contributed by atoms with Crippen LogP contribution in [0.25, 0.3) is 0 Å². The zero-order valence-corrected chi connectivity index (χ0v) is 20.7. The molecule has 3 amide bonds. The summed E-state index contributed by atoms with van der Waals surface area (Å²) >= 11 is 1.36. The minimum absolute atomic E-state index is 0.138. The molecule has 0 saturated carbocycles. The third-order valence-electron chi connectivity index (χ3n) is 7.13. The van der Waals surface area contributed by atoms with Crippen LogP contribution < -0.4 is 10.1 Å². The molecule has 0 spiro atoms. The van der Waals surface area contributed by atoms with Gasteiger partial charge in [-0.15, -0.1) is 11.3 Å². The van der Waals surface area contributed by atoms with E-state index >= 15 is 0 Å². The van der Waals surface area contributed by atoms with Crippen LogP contribution in [0.15, 0.2) is 35.7 Å². The van der Waals surface area contributed by atoms with Crippen LogP contribution in [0.4, 0.5) is 5.69 Å². The SMILES string of the molecule is CN1C(=O)c2cc(NC(=O)c3cccs3)ccc2OC[C@H]2O[C@@H](CC(=O)N3CCCCC3)CC[C@H]21. The van der Waals surface area contributed by atoms with Crippen LogP contribution in [0.2, 0.25) is 0 Å². The van der Waals surface area contributed by atoms with E-state index in [9.17, 15) is 14.4 Å². The molecule has 1 N–H and O–H groups in total. The molecule has 2 saturated heterocycles. The van der Waals surface area contributed by atoms with Crippen molar-refractivity contribution in [3.8, 4) is 5.75 Å². The molecule has 3 atom stereocenters. The molecule has 186 valence electrons. The predicted molar refractivity (Wildman–Crippen MR) is 133 cm³/mol. The quantitative estimate of drug-likeness (QED) is 0.695. The second-order valence-electron chi connectivity index (χ2n) is 9.46. The maximum Gasteiger partial charge on any atom is 0.265 e. The maximum atomic E-state index is 13.4. The first-order valence-electron chi connectivity index (χ1n) is 12.3. The zero-order chi connectivity index (χ0) is 24.4. The molecule has 4 heterocycles. The van der Waals surface area contributed by atoms with Gasteiger partial charge in [0.25, 0.3) is 11.8 Å². The normalized spacial score (nSPS) is 24.5. The van der Waals surface area contributed by atoms with Gasteiger partial charge in [0, 0.05) is 25.8 Å². The predicted octanol–water partition coefficient (Wildman–Crippen LogP) is 3.78. The lowest BCUT2D eigenvalue weighted by molar-refractivity contribution is -0.143. The van der Waals surface area contributed by atoms with E-state index in [1.54, 1.807) is 36.2 Å². The van der Waals surface area contributed by atoms with E-state index in [1.165, 1.54) is 17.8 Å². The molecule has 0 radical (unpaired) electrons. The van der Waals surface area contributed by atoms with Crippen molar-refractivity contribution in [2.24, 2.45) is 0 Å². The molecular weight excluding hydrogens is 466 g/mol. The molecule has 3 aliphatic heterocycles. The molecule has 3 aliphatic rings.